The monoisotopic (exact) mass is 514 g/mol. The molecule has 1 aliphatic heterocycles. The molecule has 0 radical (unpaired) electrons. The molecule has 2 atom stereocenters. The minimum atomic E-state index is -0.856. The maximum absolute atomic E-state index is 11.6. The summed E-state index contributed by atoms with van der Waals surface area (Å²) in [6.07, 6.45) is 0.675. The smallest absolute Gasteiger partial charge is 0.407 e. The number of amides is 1. The second-order valence-corrected chi connectivity index (χ2v) is 11.3. The lowest BCUT2D eigenvalue weighted by Gasteiger charge is -2.49. The molecule has 1 amide bonds. The van der Waals surface area contributed by atoms with Crippen molar-refractivity contribution in [2.24, 2.45) is 11.3 Å². The molecule has 1 spiro atoms. The Bertz CT molecular complexity index is 1260. The quantitative estimate of drug-likeness (QED) is 0.457. The first-order valence-electron chi connectivity index (χ1n) is 11.7. The van der Waals surface area contributed by atoms with E-state index >= 15 is 0 Å². The summed E-state index contributed by atoms with van der Waals surface area (Å²) in [5.74, 6) is 0.645. The number of piperidine rings is 1. The van der Waals surface area contributed by atoms with Crippen molar-refractivity contribution >= 4 is 35.2 Å². The van der Waals surface area contributed by atoms with Crippen LogP contribution in [0.5, 0.6) is 0 Å². The van der Waals surface area contributed by atoms with Crippen LogP contribution >= 0.6 is 23.2 Å². The highest BCUT2D eigenvalue weighted by Crippen LogP contribution is 2.61. The van der Waals surface area contributed by atoms with Gasteiger partial charge in [-0.3, -0.25) is 0 Å². The number of rotatable bonds is 3. The lowest BCUT2D eigenvalue weighted by Crippen LogP contribution is -2.50. The number of fused-ring (bicyclic) bond motifs is 2. The number of benzene rings is 2. The Labute approximate surface area is 214 Å². The summed E-state index contributed by atoms with van der Waals surface area (Å²) in [7, 11) is 0. The number of nitrogens with zero attached hydrogens (tertiary/aromatic N) is 5. The molecule has 0 bridgehead atoms. The van der Waals surface area contributed by atoms with Crippen LogP contribution in [0, 0.1) is 11.3 Å². The van der Waals surface area contributed by atoms with Crippen molar-refractivity contribution in [1.29, 1.82) is 0 Å². The van der Waals surface area contributed by atoms with E-state index in [1.165, 1.54) is 16.0 Å². The summed E-state index contributed by atoms with van der Waals surface area (Å²) in [5.41, 5.74) is 2.82. The van der Waals surface area contributed by atoms with E-state index in [0.717, 1.165) is 12.8 Å². The van der Waals surface area contributed by atoms with Gasteiger partial charge in [0.05, 0.1) is 21.8 Å². The Kier molecular flexibility index (Phi) is 5.92. The average molecular weight is 515 g/mol. The van der Waals surface area contributed by atoms with Gasteiger partial charge in [0.1, 0.15) is 0 Å². The van der Waals surface area contributed by atoms with Gasteiger partial charge in [0.25, 0.3) is 0 Å². The molecule has 0 saturated carbocycles. The number of carbonyl (C=O) groups is 1. The van der Waals surface area contributed by atoms with Crippen molar-refractivity contribution in [2.45, 2.75) is 45.1 Å². The van der Waals surface area contributed by atoms with Crippen molar-refractivity contribution in [3.63, 3.8) is 0 Å². The zero-order valence-corrected chi connectivity index (χ0v) is 21.4. The van der Waals surface area contributed by atoms with Crippen LogP contribution in [0.4, 0.5) is 10.7 Å². The van der Waals surface area contributed by atoms with E-state index in [1.54, 1.807) is 10.7 Å². The number of tetrazole rings is 1. The van der Waals surface area contributed by atoms with E-state index in [1.807, 2.05) is 12.1 Å². The molecule has 10 heteroatoms. The van der Waals surface area contributed by atoms with E-state index in [-0.39, 0.29) is 22.8 Å². The van der Waals surface area contributed by atoms with Gasteiger partial charge < -0.3 is 15.3 Å². The van der Waals surface area contributed by atoms with Crippen LogP contribution in [0.25, 0.3) is 5.69 Å². The molecule has 2 unspecified atom stereocenters. The number of hydrogen-bond acceptors (Lipinski definition) is 5. The van der Waals surface area contributed by atoms with Crippen molar-refractivity contribution < 1.29 is 9.90 Å². The van der Waals surface area contributed by atoms with Crippen LogP contribution in [-0.4, -0.2) is 49.4 Å². The summed E-state index contributed by atoms with van der Waals surface area (Å²) in [5, 5.41) is 26.4. The van der Waals surface area contributed by atoms with Crippen LogP contribution in [0.3, 0.4) is 0 Å². The van der Waals surface area contributed by atoms with Gasteiger partial charge in [-0.05, 0) is 57.9 Å². The van der Waals surface area contributed by atoms with E-state index in [9.17, 15) is 9.90 Å². The molecule has 2 aromatic carbocycles. The van der Waals surface area contributed by atoms with Gasteiger partial charge in [-0.1, -0.05) is 79.4 Å². The van der Waals surface area contributed by atoms with Gasteiger partial charge in [0.2, 0.25) is 5.95 Å². The second kappa shape index (κ2) is 8.68. The number of anilines is 1. The number of halogens is 2. The Balaban J connectivity index is 1.58. The molecule has 1 aliphatic carbocycles. The molecule has 2 aliphatic rings. The Hall–Kier alpha value is -2.84. The van der Waals surface area contributed by atoms with E-state index in [4.69, 9.17) is 23.2 Å². The summed E-state index contributed by atoms with van der Waals surface area (Å²) in [6.45, 7) is 7.78. The minimum Gasteiger partial charge on any atom is -0.465 e. The van der Waals surface area contributed by atoms with Gasteiger partial charge in [-0.25, -0.2) is 4.79 Å². The fourth-order valence-electron chi connectivity index (χ4n) is 6.29. The summed E-state index contributed by atoms with van der Waals surface area (Å²) in [4.78, 5) is 13.2. The van der Waals surface area contributed by atoms with Gasteiger partial charge in [-0.2, -0.15) is 4.68 Å². The van der Waals surface area contributed by atoms with E-state index < -0.39 is 6.09 Å². The van der Waals surface area contributed by atoms with Crippen molar-refractivity contribution in [1.82, 2.24) is 25.1 Å². The molecule has 1 fully saturated rings. The number of carboxylic acid groups (broad SMARTS) is 1. The number of aromatic nitrogens is 4. The van der Waals surface area contributed by atoms with Crippen LogP contribution in [0.15, 0.2) is 42.5 Å². The molecule has 8 nitrogen and oxygen atoms in total. The molecule has 2 heterocycles. The van der Waals surface area contributed by atoms with Gasteiger partial charge in [0.15, 0.2) is 0 Å². The van der Waals surface area contributed by atoms with E-state index in [2.05, 4.69) is 65.9 Å². The van der Waals surface area contributed by atoms with Crippen molar-refractivity contribution in [3.8, 4) is 5.69 Å². The molecule has 3 aromatic rings. The summed E-state index contributed by atoms with van der Waals surface area (Å²) < 4.78 is 1.58. The highest BCUT2D eigenvalue weighted by Gasteiger charge is 2.57. The minimum absolute atomic E-state index is 0.0784. The van der Waals surface area contributed by atoms with E-state index in [0.29, 0.717) is 34.8 Å². The maximum Gasteiger partial charge on any atom is 0.407 e. The predicted molar refractivity (Wildman–Crippen MR) is 135 cm³/mol. The normalized spacial score (nSPS) is 21.2. The molecule has 1 saturated heterocycles. The van der Waals surface area contributed by atoms with Crippen LogP contribution in [-0.2, 0) is 5.41 Å². The predicted octanol–water partition coefficient (Wildman–Crippen LogP) is 5.81. The number of hydrogen-bond donors (Lipinski definition) is 2. The first-order valence-corrected chi connectivity index (χ1v) is 12.5. The molecule has 5 rings (SSSR count). The number of likely N-dealkylation sites (tertiary alicyclic amines) is 1. The Morgan fingerprint density at radius 3 is 2.51 bits per heavy atom. The molecule has 1 aromatic heterocycles. The highest BCUT2D eigenvalue weighted by atomic mass is 35.5. The average Bonchev–Trinajstić information content (AvgIpc) is 3.37. The maximum atomic E-state index is 11.6. The van der Waals surface area contributed by atoms with Crippen LogP contribution in [0.1, 0.15) is 50.8 Å². The molecular weight excluding hydrogens is 487 g/mol. The SMILES string of the molecule is CC(C)(C)C1C(Nc2nnnn2-c2cccc(Cl)c2Cl)c2ccccc2C12CCN(C(=O)O)CC2. The standard InChI is InChI=1S/C25H28Cl2N6O2/c1-24(2,3)21-20(28-22-29-30-31-33(22)18-10-6-9-17(26)19(18)27)15-7-4-5-8-16(15)25(21)11-13-32(14-12-25)23(34)35/h4-10,20-21H,11-14H2,1-3H3,(H,34,35)(H,28,29,31). The number of nitrogens with one attached hydrogen (secondary N) is 1. The molecular formula is C25H28Cl2N6O2. The Morgan fingerprint density at radius 1 is 1.11 bits per heavy atom. The fraction of sp³-hybridized carbons (Fsp3) is 0.440. The first kappa shape index (κ1) is 23.9. The van der Waals surface area contributed by atoms with Gasteiger partial charge in [0, 0.05) is 18.5 Å². The summed E-state index contributed by atoms with van der Waals surface area (Å²) >= 11 is 12.7. The van der Waals surface area contributed by atoms with Crippen molar-refractivity contribution in [3.05, 3.63) is 63.6 Å². The molecule has 184 valence electrons. The third-order valence-corrected chi connectivity index (χ3v) is 8.34. The fourth-order valence-corrected chi connectivity index (χ4v) is 6.67. The zero-order valence-electron chi connectivity index (χ0n) is 19.9. The highest BCUT2D eigenvalue weighted by molar-refractivity contribution is 6.43. The first-order chi connectivity index (χ1) is 16.6. The van der Waals surface area contributed by atoms with Crippen LogP contribution < -0.4 is 5.32 Å². The third kappa shape index (κ3) is 3.93. The second-order valence-electron chi connectivity index (χ2n) is 10.5. The van der Waals surface area contributed by atoms with Gasteiger partial charge >= 0.3 is 6.09 Å². The largest absolute Gasteiger partial charge is 0.465 e. The lowest BCUT2D eigenvalue weighted by molar-refractivity contribution is 0.0555. The zero-order chi connectivity index (χ0) is 25.0. The Morgan fingerprint density at radius 2 is 1.83 bits per heavy atom. The summed E-state index contributed by atoms with van der Waals surface area (Å²) in [6, 6.07) is 13.8. The third-order valence-electron chi connectivity index (χ3n) is 7.53. The molecule has 2 N–H and O–H groups in total. The van der Waals surface area contributed by atoms with Crippen molar-refractivity contribution in [2.75, 3.05) is 18.4 Å². The topological polar surface area (TPSA) is 96.2 Å². The lowest BCUT2D eigenvalue weighted by atomic mass is 9.59. The molecule has 35 heavy (non-hydrogen) atoms. The van der Waals surface area contributed by atoms with Gasteiger partial charge in [-0.15, -0.1) is 0 Å². The van der Waals surface area contributed by atoms with Crippen LogP contribution in [0.2, 0.25) is 10.0 Å².